The number of ether oxygens (including phenoxy) is 1. The highest BCUT2D eigenvalue weighted by Crippen LogP contribution is 1.93. The highest BCUT2D eigenvalue weighted by Gasteiger charge is 2.12. The van der Waals surface area contributed by atoms with Gasteiger partial charge in [0.25, 0.3) is 0 Å². The minimum atomic E-state index is -1.17. The molecule has 0 aliphatic carbocycles. The second kappa shape index (κ2) is 9.66. The number of hydrogen-bond acceptors (Lipinski definition) is 5. The first-order chi connectivity index (χ1) is 7.31. The second-order valence-corrected chi connectivity index (χ2v) is 2.65. The standard InChI is InChI=1S/C5H9NO4.C4H6O2/c6-3(5(9)10)1-2-4(7)8;1-3-6-4(2)5/h3H,1-2,6H2,(H,7,8)(H,9,10);3H,1H2,2H3. The number of nitrogens with two attached hydrogens (primary N) is 1. The van der Waals surface area contributed by atoms with Crippen molar-refractivity contribution in [2.24, 2.45) is 5.73 Å². The first-order valence-corrected chi connectivity index (χ1v) is 4.29. The van der Waals surface area contributed by atoms with Crippen molar-refractivity contribution in [2.45, 2.75) is 25.8 Å². The molecule has 92 valence electrons. The van der Waals surface area contributed by atoms with Crippen LogP contribution in [0.1, 0.15) is 19.8 Å². The number of rotatable bonds is 5. The number of esters is 1. The van der Waals surface area contributed by atoms with Gasteiger partial charge in [-0.3, -0.25) is 14.4 Å². The van der Waals surface area contributed by atoms with E-state index in [-0.39, 0.29) is 18.8 Å². The van der Waals surface area contributed by atoms with E-state index in [1.54, 1.807) is 0 Å². The zero-order valence-electron chi connectivity index (χ0n) is 8.88. The van der Waals surface area contributed by atoms with Gasteiger partial charge in [0.05, 0.1) is 6.26 Å². The Morgan fingerprint density at radius 1 is 1.44 bits per heavy atom. The zero-order chi connectivity index (χ0) is 13.1. The van der Waals surface area contributed by atoms with Gasteiger partial charge in [-0.25, -0.2) is 0 Å². The van der Waals surface area contributed by atoms with Crippen LogP contribution in [0.5, 0.6) is 0 Å². The highest BCUT2D eigenvalue weighted by molar-refractivity contribution is 5.74. The third-order valence-electron chi connectivity index (χ3n) is 1.24. The fraction of sp³-hybridized carbons (Fsp3) is 0.444. The van der Waals surface area contributed by atoms with E-state index < -0.39 is 18.0 Å². The molecule has 0 radical (unpaired) electrons. The summed E-state index contributed by atoms with van der Waals surface area (Å²) in [6.07, 6.45) is 0.875. The molecule has 0 rings (SSSR count). The number of carboxylic acid groups (broad SMARTS) is 2. The lowest BCUT2D eigenvalue weighted by molar-refractivity contribution is -0.140. The molecule has 0 aromatic rings. The summed E-state index contributed by atoms with van der Waals surface area (Å²) in [5.41, 5.74) is 5.00. The molecule has 0 aliphatic heterocycles. The highest BCUT2D eigenvalue weighted by atomic mass is 16.5. The largest absolute Gasteiger partial charge is 0.481 e. The van der Waals surface area contributed by atoms with E-state index in [0.29, 0.717) is 0 Å². The summed E-state index contributed by atoms with van der Waals surface area (Å²) in [4.78, 5) is 29.6. The minimum Gasteiger partial charge on any atom is -0.481 e. The van der Waals surface area contributed by atoms with Crippen molar-refractivity contribution in [2.75, 3.05) is 0 Å². The summed E-state index contributed by atoms with van der Waals surface area (Å²) in [5, 5.41) is 16.3. The Bertz CT molecular complexity index is 263. The third kappa shape index (κ3) is 14.6. The summed E-state index contributed by atoms with van der Waals surface area (Å²) in [7, 11) is 0. The molecular formula is C9H15NO6. The minimum absolute atomic E-state index is 0.0231. The number of carbonyl (C=O) groups is 3. The molecule has 0 aromatic heterocycles. The summed E-state index contributed by atoms with van der Waals surface area (Å²) in [6, 6.07) is -1.06. The van der Waals surface area contributed by atoms with Gasteiger partial charge in [0.1, 0.15) is 6.04 Å². The molecule has 4 N–H and O–H groups in total. The maximum atomic E-state index is 9.99. The van der Waals surface area contributed by atoms with Gasteiger partial charge in [0.15, 0.2) is 0 Å². The Morgan fingerprint density at radius 2 is 1.94 bits per heavy atom. The van der Waals surface area contributed by atoms with Crippen LogP contribution in [0.4, 0.5) is 0 Å². The van der Waals surface area contributed by atoms with Crippen molar-refractivity contribution in [1.82, 2.24) is 0 Å². The SMILES string of the molecule is C=COC(C)=O.NC(CCC(=O)O)C(=O)O. The Labute approximate surface area is 92.5 Å². The van der Waals surface area contributed by atoms with Crippen molar-refractivity contribution >= 4 is 17.9 Å². The maximum absolute atomic E-state index is 9.99. The predicted molar refractivity (Wildman–Crippen MR) is 54.4 cm³/mol. The average Bonchev–Trinajstić information content (AvgIpc) is 2.14. The molecule has 0 saturated heterocycles. The van der Waals surface area contributed by atoms with E-state index in [9.17, 15) is 14.4 Å². The third-order valence-corrected chi connectivity index (χ3v) is 1.24. The van der Waals surface area contributed by atoms with Crippen molar-refractivity contribution in [3.63, 3.8) is 0 Å². The van der Waals surface area contributed by atoms with Crippen LogP contribution in [0, 0.1) is 0 Å². The smallest absolute Gasteiger partial charge is 0.320 e. The van der Waals surface area contributed by atoms with Gasteiger partial charge in [-0.2, -0.15) is 0 Å². The van der Waals surface area contributed by atoms with E-state index in [4.69, 9.17) is 15.9 Å². The summed E-state index contributed by atoms with van der Waals surface area (Å²) in [6.45, 7) is 4.48. The lowest BCUT2D eigenvalue weighted by Gasteiger charge is -2.01. The van der Waals surface area contributed by atoms with Gasteiger partial charge in [0, 0.05) is 13.3 Å². The molecule has 16 heavy (non-hydrogen) atoms. The normalized spacial score (nSPS) is 10.4. The summed E-state index contributed by atoms with van der Waals surface area (Å²) >= 11 is 0. The predicted octanol–water partition coefficient (Wildman–Crippen LogP) is -0.0439. The molecule has 0 aliphatic rings. The number of hydrogen-bond donors (Lipinski definition) is 3. The van der Waals surface area contributed by atoms with Crippen LogP contribution in [-0.2, 0) is 19.1 Å². The van der Waals surface area contributed by atoms with Crippen molar-refractivity contribution in [1.29, 1.82) is 0 Å². The average molecular weight is 233 g/mol. The van der Waals surface area contributed by atoms with Gasteiger partial charge in [-0.1, -0.05) is 6.58 Å². The fourth-order valence-electron chi connectivity index (χ4n) is 0.520. The van der Waals surface area contributed by atoms with Gasteiger partial charge < -0.3 is 20.7 Å². The molecule has 0 aromatic carbocycles. The number of aliphatic carboxylic acids is 2. The molecule has 1 unspecified atom stereocenters. The van der Waals surface area contributed by atoms with E-state index in [2.05, 4.69) is 11.3 Å². The van der Waals surface area contributed by atoms with Crippen LogP contribution in [0.25, 0.3) is 0 Å². The van der Waals surface area contributed by atoms with Crippen molar-refractivity contribution in [3.05, 3.63) is 12.8 Å². The Hall–Kier alpha value is -1.89. The van der Waals surface area contributed by atoms with E-state index in [1.807, 2.05) is 0 Å². The van der Waals surface area contributed by atoms with Crippen molar-refractivity contribution in [3.8, 4) is 0 Å². The van der Waals surface area contributed by atoms with Gasteiger partial charge in [0.2, 0.25) is 0 Å². The Morgan fingerprint density at radius 3 is 2.12 bits per heavy atom. The van der Waals surface area contributed by atoms with Gasteiger partial charge in [-0.05, 0) is 6.42 Å². The fourth-order valence-corrected chi connectivity index (χ4v) is 0.520. The van der Waals surface area contributed by atoms with Gasteiger partial charge >= 0.3 is 17.9 Å². The number of carbonyl (C=O) groups excluding carboxylic acids is 1. The second-order valence-electron chi connectivity index (χ2n) is 2.65. The molecule has 1 atom stereocenters. The molecule has 0 amide bonds. The van der Waals surface area contributed by atoms with Crippen LogP contribution in [0.2, 0.25) is 0 Å². The first-order valence-electron chi connectivity index (χ1n) is 4.29. The van der Waals surface area contributed by atoms with E-state index in [0.717, 1.165) is 6.26 Å². The molecule has 0 fully saturated rings. The van der Waals surface area contributed by atoms with Crippen LogP contribution in [0.3, 0.4) is 0 Å². The summed E-state index contributed by atoms with van der Waals surface area (Å²) in [5.74, 6) is -2.53. The lowest BCUT2D eigenvalue weighted by Crippen LogP contribution is -2.30. The molecule has 0 saturated carbocycles. The first kappa shape index (κ1) is 16.5. The van der Waals surface area contributed by atoms with E-state index in [1.165, 1.54) is 6.92 Å². The topological polar surface area (TPSA) is 127 Å². The molecule has 0 bridgehead atoms. The molecular weight excluding hydrogens is 218 g/mol. The van der Waals surface area contributed by atoms with Crippen molar-refractivity contribution < 1.29 is 29.3 Å². The zero-order valence-corrected chi connectivity index (χ0v) is 8.88. The molecule has 0 heterocycles. The Balaban J connectivity index is 0. The monoisotopic (exact) mass is 233 g/mol. The van der Waals surface area contributed by atoms with E-state index >= 15 is 0 Å². The maximum Gasteiger partial charge on any atom is 0.320 e. The Kier molecular flexibility index (Phi) is 9.98. The molecule has 0 spiro atoms. The van der Waals surface area contributed by atoms with Gasteiger partial charge in [-0.15, -0.1) is 0 Å². The quantitative estimate of drug-likeness (QED) is 0.449. The lowest BCUT2D eigenvalue weighted by atomic mass is 10.2. The molecule has 7 heteroatoms. The van der Waals surface area contributed by atoms with Crippen LogP contribution in [0.15, 0.2) is 12.8 Å². The summed E-state index contributed by atoms with van der Waals surface area (Å²) < 4.78 is 4.17. The number of carboxylic acids is 2. The van der Waals surface area contributed by atoms with Crippen LogP contribution < -0.4 is 5.73 Å². The molecule has 7 nitrogen and oxygen atoms in total. The van der Waals surface area contributed by atoms with Crippen LogP contribution in [-0.4, -0.2) is 34.2 Å². The van der Waals surface area contributed by atoms with Crippen LogP contribution >= 0.6 is 0 Å².